The van der Waals surface area contributed by atoms with Crippen molar-refractivity contribution in [1.29, 1.82) is 0 Å². The summed E-state index contributed by atoms with van der Waals surface area (Å²) in [5.74, 6) is -0.160. The molecule has 4 N–H and O–H groups in total. The Morgan fingerprint density at radius 2 is 1.92 bits per heavy atom. The molecule has 7 heteroatoms. The third-order valence-corrected chi connectivity index (χ3v) is 4.25. The smallest absolute Gasteiger partial charge is 0.227 e. The number of ether oxygens (including phenoxy) is 1. The summed E-state index contributed by atoms with van der Waals surface area (Å²) in [6.07, 6.45) is -0.0847. The lowest BCUT2D eigenvalue weighted by Gasteiger charge is -2.18. The monoisotopic (exact) mass is 397 g/mol. The van der Waals surface area contributed by atoms with Crippen LogP contribution in [0.3, 0.4) is 0 Å². The number of hydrogen-bond donors (Lipinski definition) is 3. The molecular formula is C19H25Cl2N3O2. The average Bonchev–Trinajstić information content (AvgIpc) is 2.62. The molecule has 0 aliphatic heterocycles. The zero-order valence-corrected chi connectivity index (χ0v) is 16.4. The van der Waals surface area contributed by atoms with E-state index in [4.69, 9.17) is 22.1 Å². The quantitative estimate of drug-likeness (QED) is 0.622. The molecule has 1 amide bonds. The fourth-order valence-corrected chi connectivity index (χ4v) is 2.69. The van der Waals surface area contributed by atoms with E-state index in [0.717, 1.165) is 5.69 Å². The lowest BCUT2D eigenvalue weighted by Crippen LogP contribution is -2.28. The Balaban J connectivity index is 0.00000338. The fourth-order valence-electron chi connectivity index (χ4n) is 2.45. The van der Waals surface area contributed by atoms with Gasteiger partial charge in [-0.2, -0.15) is 0 Å². The molecule has 26 heavy (non-hydrogen) atoms. The Labute approximate surface area is 165 Å². The van der Waals surface area contributed by atoms with Crippen LogP contribution in [-0.2, 0) is 9.53 Å². The first-order valence-electron chi connectivity index (χ1n) is 8.17. The lowest BCUT2D eigenvalue weighted by molar-refractivity contribution is -0.118. The third kappa shape index (κ3) is 6.50. The van der Waals surface area contributed by atoms with E-state index in [1.165, 1.54) is 12.7 Å². The van der Waals surface area contributed by atoms with E-state index in [-0.39, 0.29) is 36.9 Å². The van der Waals surface area contributed by atoms with Crippen LogP contribution in [0.1, 0.15) is 24.9 Å². The van der Waals surface area contributed by atoms with Crippen molar-refractivity contribution in [1.82, 2.24) is 0 Å². The lowest BCUT2D eigenvalue weighted by atomic mass is 10.1. The minimum atomic E-state index is -0.289. The third-order valence-electron chi connectivity index (χ3n) is 3.93. The highest BCUT2D eigenvalue weighted by atomic mass is 35.5. The second-order valence-electron chi connectivity index (χ2n) is 5.82. The Bertz CT molecular complexity index is 694. The molecule has 0 bridgehead atoms. The molecule has 142 valence electrons. The van der Waals surface area contributed by atoms with Crippen LogP contribution in [0.25, 0.3) is 0 Å². The van der Waals surface area contributed by atoms with Gasteiger partial charge in [0.25, 0.3) is 0 Å². The van der Waals surface area contributed by atoms with Gasteiger partial charge in [-0.1, -0.05) is 41.9 Å². The van der Waals surface area contributed by atoms with Crippen molar-refractivity contribution in [3.8, 4) is 0 Å². The van der Waals surface area contributed by atoms with E-state index in [2.05, 4.69) is 29.7 Å². The van der Waals surface area contributed by atoms with Gasteiger partial charge in [0.1, 0.15) is 0 Å². The van der Waals surface area contributed by atoms with E-state index in [9.17, 15) is 4.79 Å². The number of amides is 1. The molecule has 2 aromatic rings. The van der Waals surface area contributed by atoms with Crippen LogP contribution < -0.4 is 16.4 Å². The normalized spacial score (nSPS) is 12.6. The zero-order valence-electron chi connectivity index (χ0n) is 14.9. The number of nitrogens with two attached hydrogens (primary N) is 1. The Morgan fingerprint density at radius 3 is 2.50 bits per heavy atom. The van der Waals surface area contributed by atoms with Crippen LogP contribution in [0.5, 0.6) is 0 Å². The molecule has 5 nitrogen and oxygen atoms in total. The number of methoxy groups -OCH3 is 1. The molecule has 0 saturated carbocycles. The van der Waals surface area contributed by atoms with Crippen LogP contribution in [-0.4, -0.2) is 25.7 Å². The summed E-state index contributed by atoms with van der Waals surface area (Å²) in [5, 5.41) is 6.73. The summed E-state index contributed by atoms with van der Waals surface area (Å²) in [6.45, 7) is 2.37. The average molecular weight is 398 g/mol. The van der Waals surface area contributed by atoms with Crippen molar-refractivity contribution >= 4 is 41.3 Å². The topological polar surface area (TPSA) is 76.4 Å². The fraction of sp³-hybridized carbons (Fsp3) is 0.316. The molecule has 0 heterocycles. The molecule has 0 spiro atoms. The standard InChI is InChI=1S/C19H24ClN3O2.ClH/c1-13(14-6-4-3-5-7-14)22-18-9-8-15(10-17(18)20)23-19(24)11-16(12-21)25-2;/h3-10,13,16,22H,11-12,21H2,1-2H3,(H,23,24);1H. The molecule has 2 aromatic carbocycles. The van der Waals surface area contributed by atoms with Crippen molar-refractivity contribution < 1.29 is 9.53 Å². The minimum Gasteiger partial charge on any atom is -0.380 e. The predicted octanol–water partition coefficient (Wildman–Crippen LogP) is 4.24. The second kappa shape index (κ2) is 11.0. The van der Waals surface area contributed by atoms with E-state index >= 15 is 0 Å². The molecule has 0 fully saturated rings. The molecule has 0 saturated heterocycles. The van der Waals surface area contributed by atoms with Gasteiger partial charge in [0.05, 0.1) is 23.2 Å². The van der Waals surface area contributed by atoms with Crippen molar-refractivity contribution in [2.24, 2.45) is 5.73 Å². The Hall–Kier alpha value is -1.79. The maximum atomic E-state index is 12.0. The van der Waals surface area contributed by atoms with E-state index in [1.807, 2.05) is 30.3 Å². The largest absolute Gasteiger partial charge is 0.380 e. The number of hydrogen-bond acceptors (Lipinski definition) is 4. The minimum absolute atomic E-state index is 0. The predicted molar refractivity (Wildman–Crippen MR) is 110 cm³/mol. The molecule has 0 radical (unpaired) electrons. The summed E-state index contributed by atoms with van der Waals surface area (Å²) in [7, 11) is 1.54. The number of nitrogens with one attached hydrogen (secondary N) is 2. The number of carbonyl (C=O) groups is 1. The molecule has 0 aliphatic carbocycles. The molecule has 2 unspecified atom stereocenters. The van der Waals surface area contributed by atoms with Gasteiger partial charge in [-0.3, -0.25) is 4.79 Å². The SMILES string of the molecule is COC(CN)CC(=O)Nc1ccc(NC(C)c2ccccc2)c(Cl)c1.Cl. The molecular weight excluding hydrogens is 373 g/mol. The van der Waals surface area contributed by atoms with Crippen LogP contribution in [0, 0.1) is 0 Å². The first kappa shape index (κ1) is 22.3. The van der Waals surface area contributed by atoms with Gasteiger partial charge in [0.2, 0.25) is 5.91 Å². The summed E-state index contributed by atoms with van der Waals surface area (Å²) < 4.78 is 5.11. The van der Waals surface area contributed by atoms with Crippen LogP contribution in [0.4, 0.5) is 11.4 Å². The van der Waals surface area contributed by atoms with Gasteiger partial charge < -0.3 is 21.1 Å². The van der Waals surface area contributed by atoms with Crippen LogP contribution in [0.15, 0.2) is 48.5 Å². The number of halogens is 2. The summed E-state index contributed by atoms with van der Waals surface area (Å²) >= 11 is 6.35. The second-order valence-corrected chi connectivity index (χ2v) is 6.22. The van der Waals surface area contributed by atoms with Crippen LogP contribution in [0.2, 0.25) is 5.02 Å². The highest BCUT2D eigenvalue weighted by Crippen LogP contribution is 2.29. The highest BCUT2D eigenvalue weighted by Gasteiger charge is 2.13. The summed E-state index contributed by atoms with van der Waals surface area (Å²) in [6, 6.07) is 15.6. The molecule has 0 aliphatic rings. The number of carbonyl (C=O) groups excluding carboxylic acids is 1. The van der Waals surface area contributed by atoms with Gasteiger partial charge >= 0.3 is 0 Å². The van der Waals surface area contributed by atoms with E-state index in [1.54, 1.807) is 6.07 Å². The van der Waals surface area contributed by atoms with Crippen molar-refractivity contribution in [2.75, 3.05) is 24.3 Å². The van der Waals surface area contributed by atoms with Crippen molar-refractivity contribution in [3.05, 3.63) is 59.1 Å². The summed E-state index contributed by atoms with van der Waals surface area (Å²) in [5.41, 5.74) is 8.15. The highest BCUT2D eigenvalue weighted by molar-refractivity contribution is 6.33. The van der Waals surface area contributed by atoms with Gasteiger partial charge in [0, 0.05) is 25.4 Å². The molecule has 2 rings (SSSR count). The van der Waals surface area contributed by atoms with E-state index < -0.39 is 0 Å². The van der Waals surface area contributed by atoms with Gasteiger partial charge in [-0.25, -0.2) is 0 Å². The Morgan fingerprint density at radius 1 is 1.23 bits per heavy atom. The van der Waals surface area contributed by atoms with Crippen molar-refractivity contribution in [2.45, 2.75) is 25.5 Å². The number of benzene rings is 2. The van der Waals surface area contributed by atoms with E-state index in [0.29, 0.717) is 17.3 Å². The molecule has 2 atom stereocenters. The van der Waals surface area contributed by atoms with Crippen LogP contribution >= 0.6 is 24.0 Å². The first-order chi connectivity index (χ1) is 12.0. The summed E-state index contributed by atoms with van der Waals surface area (Å²) in [4.78, 5) is 12.0. The first-order valence-corrected chi connectivity index (χ1v) is 8.55. The van der Waals surface area contributed by atoms with Crippen molar-refractivity contribution in [3.63, 3.8) is 0 Å². The number of anilines is 2. The maximum absolute atomic E-state index is 12.0. The number of rotatable bonds is 8. The van der Waals surface area contributed by atoms with Gasteiger partial charge in [0.15, 0.2) is 0 Å². The van der Waals surface area contributed by atoms with Gasteiger partial charge in [-0.15, -0.1) is 12.4 Å². The van der Waals surface area contributed by atoms with Gasteiger partial charge in [-0.05, 0) is 30.7 Å². The Kier molecular flexibility index (Phi) is 9.44. The molecule has 0 aromatic heterocycles. The zero-order chi connectivity index (χ0) is 18.2. The maximum Gasteiger partial charge on any atom is 0.227 e.